The van der Waals surface area contributed by atoms with Crippen LogP contribution in [0.25, 0.3) is 0 Å². The fraction of sp³-hybridized carbons (Fsp3) is 0.657. The van der Waals surface area contributed by atoms with Gasteiger partial charge in [-0.3, -0.25) is 0 Å². The lowest BCUT2D eigenvalue weighted by atomic mass is 9.78. The molecule has 0 aliphatic carbocycles. The van der Waals surface area contributed by atoms with Crippen molar-refractivity contribution in [2.45, 2.75) is 119 Å². The van der Waals surface area contributed by atoms with Gasteiger partial charge >= 0.3 is 17.2 Å². The first-order valence-electron chi connectivity index (χ1n) is 15.5. The normalized spacial score (nSPS) is 13.6. The number of benzene rings is 2. The van der Waals surface area contributed by atoms with Crippen molar-refractivity contribution in [1.29, 1.82) is 0 Å². The van der Waals surface area contributed by atoms with Gasteiger partial charge in [0.1, 0.15) is 24.7 Å². The standard InChI is InChI=1S/C35H58O8P2/c1-23-15-25(31(3,4)5)29(26(16-23)32(6,7)8)40-19-35(21-42-44(36)37,22-43-45(38)39)20-41-30-27(33(9,10)11)17-24(2)18-28(30)34(12,13)14/h15-18,36-39H,19-22H2,1-14H3. The van der Waals surface area contributed by atoms with Crippen LogP contribution in [0.4, 0.5) is 0 Å². The average Bonchev–Trinajstić information content (AvgIpc) is 2.85. The number of ether oxygens (including phenoxy) is 2. The minimum absolute atomic E-state index is 0.0177. The van der Waals surface area contributed by atoms with Crippen LogP contribution in [0.15, 0.2) is 24.3 Å². The SMILES string of the molecule is Cc1cc(C(C)(C)C)c(OCC(COc2c(C(C)(C)C)cc(C)cc2C(C)(C)C)(COP(O)O)COP(O)O)c(C(C)(C)C)c1. The Kier molecular flexibility index (Phi) is 13.1. The third-order valence-electron chi connectivity index (χ3n) is 7.72. The van der Waals surface area contributed by atoms with Crippen LogP contribution in [0.5, 0.6) is 11.5 Å². The Hall–Kier alpha value is -1.34. The van der Waals surface area contributed by atoms with E-state index in [1.165, 1.54) is 0 Å². The van der Waals surface area contributed by atoms with Gasteiger partial charge in [0, 0.05) is 22.3 Å². The third-order valence-corrected chi connectivity index (χ3v) is 8.44. The van der Waals surface area contributed by atoms with Crippen LogP contribution in [0.1, 0.15) is 116 Å². The van der Waals surface area contributed by atoms with Gasteiger partial charge in [-0.05, 0) is 35.5 Å². The minimum Gasteiger partial charge on any atom is -0.492 e. The Morgan fingerprint density at radius 1 is 0.467 bits per heavy atom. The van der Waals surface area contributed by atoms with Crippen molar-refractivity contribution in [3.05, 3.63) is 57.6 Å². The van der Waals surface area contributed by atoms with Crippen LogP contribution in [-0.4, -0.2) is 46.0 Å². The van der Waals surface area contributed by atoms with Crippen molar-refractivity contribution in [2.24, 2.45) is 5.41 Å². The molecule has 0 saturated heterocycles. The molecule has 2 aromatic rings. The lowest BCUT2D eigenvalue weighted by Crippen LogP contribution is -2.43. The summed E-state index contributed by atoms with van der Waals surface area (Å²) in [7, 11) is -5.43. The van der Waals surface area contributed by atoms with Crippen LogP contribution in [-0.2, 0) is 30.7 Å². The first-order chi connectivity index (χ1) is 20.3. The second kappa shape index (κ2) is 14.8. The zero-order valence-electron chi connectivity index (χ0n) is 30.0. The Morgan fingerprint density at radius 3 is 0.911 bits per heavy atom. The molecule has 0 aromatic heterocycles. The lowest BCUT2D eigenvalue weighted by molar-refractivity contribution is -0.0104. The molecule has 0 bridgehead atoms. The second-order valence-electron chi connectivity index (χ2n) is 16.5. The van der Waals surface area contributed by atoms with Crippen molar-refractivity contribution in [2.75, 3.05) is 26.4 Å². The maximum atomic E-state index is 9.81. The van der Waals surface area contributed by atoms with E-state index in [1.54, 1.807) is 0 Å². The summed E-state index contributed by atoms with van der Waals surface area (Å²) >= 11 is 0. The Labute approximate surface area is 274 Å². The van der Waals surface area contributed by atoms with Crippen LogP contribution in [0.2, 0.25) is 0 Å². The predicted molar refractivity (Wildman–Crippen MR) is 185 cm³/mol. The van der Waals surface area contributed by atoms with Gasteiger partial charge in [0.15, 0.2) is 0 Å². The summed E-state index contributed by atoms with van der Waals surface area (Å²) in [4.78, 5) is 39.2. The summed E-state index contributed by atoms with van der Waals surface area (Å²) in [5, 5.41) is 0. The van der Waals surface area contributed by atoms with E-state index >= 15 is 0 Å². The molecule has 0 aliphatic heterocycles. The molecule has 0 saturated carbocycles. The van der Waals surface area contributed by atoms with Crippen LogP contribution >= 0.6 is 17.2 Å². The maximum absolute atomic E-state index is 9.81. The molecule has 4 N–H and O–H groups in total. The maximum Gasteiger partial charge on any atom is 0.327 e. The Bertz CT molecular complexity index is 1110. The largest absolute Gasteiger partial charge is 0.492 e. The minimum atomic E-state index is -2.71. The van der Waals surface area contributed by atoms with Crippen LogP contribution < -0.4 is 9.47 Å². The van der Waals surface area contributed by atoms with Gasteiger partial charge in [-0.1, -0.05) is 118 Å². The monoisotopic (exact) mass is 668 g/mol. The molecule has 2 rings (SSSR count). The molecule has 8 nitrogen and oxygen atoms in total. The first kappa shape index (κ1) is 39.8. The van der Waals surface area contributed by atoms with E-state index in [0.717, 1.165) is 44.9 Å². The predicted octanol–water partition coefficient (Wildman–Crippen LogP) is 8.39. The zero-order valence-corrected chi connectivity index (χ0v) is 31.7. The molecular formula is C35H58O8P2. The highest BCUT2D eigenvalue weighted by Gasteiger charge is 2.39. The molecule has 0 amide bonds. The van der Waals surface area contributed by atoms with Crippen LogP contribution in [0.3, 0.4) is 0 Å². The molecule has 10 heteroatoms. The molecule has 0 atom stereocenters. The second-order valence-corrected chi connectivity index (χ2v) is 18.0. The van der Waals surface area contributed by atoms with E-state index in [-0.39, 0.29) is 48.1 Å². The van der Waals surface area contributed by atoms with Gasteiger partial charge in [0.2, 0.25) is 0 Å². The third kappa shape index (κ3) is 11.4. The number of rotatable bonds is 12. The van der Waals surface area contributed by atoms with Crippen molar-refractivity contribution in [3.63, 3.8) is 0 Å². The smallest absolute Gasteiger partial charge is 0.327 e. The van der Waals surface area contributed by atoms with Gasteiger partial charge in [-0.2, -0.15) is 0 Å². The van der Waals surface area contributed by atoms with E-state index in [9.17, 15) is 19.6 Å². The topological polar surface area (TPSA) is 118 Å². The van der Waals surface area contributed by atoms with E-state index < -0.39 is 22.6 Å². The zero-order chi connectivity index (χ0) is 34.8. The molecule has 2 aromatic carbocycles. The summed E-state index contributed by atoms with van der Waals surface area (Å²) in [5.74, 6) is 1.47. The molecule has 0 unspecified atom stereocenters. The molecule has 0 aliphatic rings. The van der Waals surface area contributed by atoms with Gasteiger partial charge < -0.3 is 38.1 Å². The van der Waals surface area contributed by atoms with E-state index in [1.807, 2.05) is 0 Å². The van der Waals surface area contributed by atoms with E-state index in [4.69, 9.17) is 18.5 Å². The Balaban J connectivity index is 2.76. The fourth-order valence-electron chi connectivity index (χ4n) is 5.18. The summed E-state index contributed by atoms with van der Waals surface area (Å²) < 4.78 is 24.4. The highest BCUT2D eigenvalue weighted by Crippen LogP contribution is 2.44. The van der Waals surface area contributed by atoms with Gasteiger partial charge in [0.05, 0.1) is 18.6 Å². The molecule has 0 radical (unpaired) electrons. The number of hydrogen-bond donors (Lipinski definition) is 4. The van der Waals surface area contributed by atoms with Crippen LogP contribution in [0, 0.1) is 19.3 Å². The highest BCUT2D eigenvalue weighted by molar-refractivity contribution is 7.39. The van der Waals surface area contributed by atoms with Crippen molar-refractivity contribution < 1.29 is 38.1 Å². The molecular weight excluding hydrogens is 610 g/mol. The Morgan fingerprint density at radius 2 is 0.711 bits per heavy atom. The quantitative estimate of drug-likeness (QED) is 0.167. The van der Waals surface area contributed by atoms with Crippen molar-refractivity contribution in [3.8, 4) is 11.5 Å². The molecule has 45 heavy (non-hydrogen) atoms. The van der Waals surface area contributed by atoms with Gasteiger partial charge in [0.25, 0.3) is 0 Å². The summed E-state index contributed by atoms with van der Waals surface area (Å²) in [6, 6.07) is 8.53. The van der Waals surface area contributed by atoms with Gasteiger partial charge in [-0.25, -0.2) is 0 Å². The van der Waals surface area contributed by atoms with E-state index in [2.05, 4.69) is 121 Å². The molecule has 0 heterocycles. The van der Waals surface area contributed by atoms with Crippen molar-refractivity contribution in [1.82, 2.24) is 0 Å². The molecule has 256 valence electrons. The average molecular weight is 669 g/mol. The number of aryl methyl sites for hydroxylation is 2. The summed E-state index contributed by atoms with van der Waals surface area (Å²) in [6.07, 6.45) is 0. The fourth-order valence-corrected chi connectivity index (χ4v) is 5.95. The first-order valence-corrected chi connectivity index (χ1v) is 17.8. The number of hydrogen-bond acceptors (Lipinski definition) is 8. The summed E-state index contributed by atoms with van der Waals surface area (Å²) in [5.41, 5.74) is 4.25. The molecule has 0 spiro atoms. The summed E-state index contributed by atoms with van der Waals surface area (Å²) in [6.45, 7) is 29.3. The van der Waals surface area contributed by atoms with E-state index in [0.29, 0.717) is 0 Å². The highest BCUT2D eigenvalue weighted by atomic mass is 31.2. The van der Waals surface area contributed by atoms with Gasteiger partial charge in [-0.15, -0.1) is 0 Å². The lowest BCUT2D eigenvalue weighted by Gasteiger charge is -2.37. The van der Waals surface area contributed by atoms with Crippen molar-refractivity contribution >= 4 is 17.2 Å². The molecule has 0 fully saturated rings.